The fourth-order valence-corrected chi connectivity index (χ4v) is 20.0. The molecule has 19 N–H and O–H groups in total. The van der Waals surface area contributed by atoms with Gasteiger partial charge in [-0.05, 0) is 33.9 Å². The van der Waals surface area contributed by atoms with Crippen LogP contribution in [0.25, 0.3) is 11.2 Å². The van der Waals surface area contributed by atoms with E-state index in [0.717, 1.165) is 23.8 Å². The molecule has 6 aromatic heterocycles. The lowest BCUT2D eigenvalue weighted by atomic mass is 10.1. The highest BCUT2D eigenvalue weighted by atomic mass is 31.3. The fourth-order valence-electron chi connectivity index (χ4n) is 14.3. The number of aliphatic hydroxyl groups is 4. The normalized spacial score (nSPS) is 26.9. The van der Waals surface area contributed by atoms with E-state index in [-0.39, 0.29) is 83.8 Å². The number of H-pyrrole nitrogens is 5. The van der Waals surface area contributed by atoms with Gasteiger partial charge in [-0.3, -0.25) is 70.6 Å². The number of aromatic nitrogens is 12. The molecule has 0 amide bonds. The standard InChI is InChI=1S/C24H39N10O18P3.C15H22N7O7P.C12H19N5O11P2.C6H15N.C4H11N.C2H6/c1-31-7-33(17-11(31)19(37)29-23(25)27-17)21-15(45-3)13(35)9(49-21)5-47-53(39,40)51-55(43,44)52-54(41,42)48-6-10-14(36)16(46-4)22(50-10)34-8-32(2)12-18(34)28-24(26)30-20(12)38;1-20-7-22(12-9(20)13(24)19-15(16)18-12)14-11(27-2)10(23)8(29-14)5-28-30(25,26)21-4-3-17-6-21;1-16-4-17(9-6(16)10(19)15-12(13)14-9)11-8(25-2)7(18)5(27-11)3-26-30(23,24)28-29(20,21)22;1-4-7(5-2)6-3;1-3-5-4-2;1-2/h9-10,13-16,21-22,35-36H,5-8H2,1-4H3,(H,39,40)(H,41,42)(H,43,44)(H3,25,27,29,37)(H3,26,28,30,38);3-4,6,8,10-11,14,23H,5,7H2,1-2H3,(H,25,26)(H3,16,18,19,24);4-5,7-8,11,18H,3H2,1-2H3,(H5-,13,14,15,19,20,21,22,23,24);4-6H2,1-3H3;5H,3-4H2,1-2H3;1-2H3/p-4/t9-,10-,13+,14?,15?,16?,21-,22-;8-,10+,11?,14-;5-,7+,8?,11-;;;/m111.../s1. The zero-order chi connectivity index (χ0) is 96.2. The van der Waals surface area contributed by atoms with Gasteiger partial charge in [-0.15, -0.1) is 4.57 Å². The number of hydrogen-bond donors (Lipinski definition) is 14. The third kappa shape index (κ3) is 25.9. The lowest BCUT2D eigenvalue weighted by Crippen LogP contribution is -3.11. The number of anilines is 10. The number of fused-ring (bicyclic) bond motifs is 4. The van der Waals surface area contributed by atoms with Crippen molar-refractivity contribution in [1.29, 1.82) is 0 Å². The molecule has 7 aliphatic heterocycles. The summed E-state index contributed by atoms with van der Waals surface area (Å²) in [4.78, 5) is 170. The van der Waals surface area contributed by atoms with E-state index >= 15 is 0 Å². The highest BCUT2D eigenvalue weighted by molar-refractivity contribution is 7.65. The summed E-state index contributed by atoms with van der Waals surface area (Å²) >= 11 is 0. The van der Waals surface area contributed by atoms with Gasteiger partial charge in [0, 0.05) is 62.0 Å². The van der Waals surface area contributed by atoms with Crippen LogP contribution < -0.4 is 129 Å². The summed E-state index contributed by atoms with van der Waals surface area (Å²) in [7, 11) is -22.6. The molecule has 0 spiro atoms. The molecule has 21 atom stereocenters. The number of hydrogen-bond acceptors (Lipinski definition) is 51. The number of quaternary nitrogens is 1. The molecule has 4 fully saturated rings. The number of phosphoric acid groups is 5. The van der Waals surface area contributed by atoms with Crippen molar-refractivity contribution in [2.24, 2.45) is 7.05 Å². The van der Waals surface area contributed by atoms with Crippen molar-refractivity contribution in [2.45, 2.75) is 147 Å². The lowest BCUT2D eigenvalue weighted by Gasteiger charge is -2.35. The molecule has 13 heterocycles. The van der Waals surface area contributed by atoms with Crippen LogP contribution >= 0.6 is 46.9 Å². The summed E-state index contributed by atoms with van der Waals surface area (Å²) in [5.74, 6) is -0.173. The number of ether oxygens (including phenoxy) is 8. The Labute approximate surface area is 734 Å². The van der Waals surface area contributed by atoms with E-state index in [4.69, 9.17) is 65.4 Å². The summed E-state index contributed by atoms with van der Waals surface area (Å²) < 4.78 is 149. The largest absolute Gasteiger partial charge is 0.790 e. The second kappa shape index (κ2) is 45.0. The van der Waals surface area contributed by atoms with Crippen molar-refractivity contribution in [3.05, 3.63) is 66.5 Å². The first-order valence-electron chi connectivity index (χ1n) is 39.2. The maximum absolute atomic E-state index is 12.5. The molecule has 730 valence electrons. The summed E-state index contributed by atoms with van der Waals surface area (Å²) in [6.07, 6.45) is -14.8. The van der Waals surface area contributed by atoms with Gasteiger partial charge in [-0.1, -0.05) is 27.7 Å². The van der Waals surface area contributed by atoms with Gasteiger partial charge in [0.15, 0.2) is 42.2 Å². The number of methoxy groups -OCH3 is 4. The van der Waals surface area contributed by atoms with E-state index in [2.05, 4.69) is 111 Å². The summed E-state index contributed by atoms with van der Waals surface area (Å²) in [6.45, 7) is 17.6. The van der Waals surface area contributed by atoms with Crippen LogP contribution in [0.3, 0.4) is 0 Å². The Morgan fingerprint density at radius 3 is 1.19 bits per heavy atom. The van der Waals surface area contributed by atoms with Crippen LogP contribution in [0.4, 0.5) is 58.3 Å². The van der Waals surface area contributed by atoms with Gasteiger partial charge in [0.2, 0.25) is 25.6 Å². The van der Waals surface area contributed by atoms with Gasteiger partial charge in [0.1, 0.15) is 97.6 Å². The molecule has 4 saturated heterocycles. The molecular weight excluding hydrogens is 1850 g/mol. The summed E-state index contributed by atoms with van der Waals surface area (Å²) in [5.41, 5.74) is 21.6. The van der Waals surface area contributed by atoms with Crippen molar-refractivity contribution in [3.8, 4) is 0 Å². The molecule has 60 nitrogen and oxygen atoms in total. The number of imidazole rings is 2. The number of nitrogen functional groups attached to an aromatic ring is 4. The summed E-state index contributed by atoms with van der Waals surface area (Å²) in [6, 6.07) is 0. The molecule has 0 bridgehead atoms. The number of nitrogens with one attached hydrogen (secondary N) is 7. The first-order chi connectivity index (χ1) is 60.5. The van der Waals surface area contributed by atoms with E-state index in [1.807, 2.05) is 13.8 Å². The number of aryl methyl sites for hydroxylation is 1. The quantitative estimate of drug-likeness (QED) is 0.0138. The van der Waals surface area contributed by atoms with Crippen LogP contribution in [-0.4, -0.2) is 290 Å². The minimum Gasteiger partial charge on any atom is -0.790 e. The SMILES string of the molecule is CC.CCNCC.CC[NH+](CC)CC.COC1C(O)[C@@H](COP(=O)([O-])OP(=O)([O-])OP(=O)([O-])OC[C@H]2O[C@@H](N3CN(C)c4c3nc(N)[nH]c4=O)C(OC)[C@H]2O)O[C@H]1N1CN(C)c2c1nc(N)[nH]c2=O.COC1[C@@H](O)[C@@H](COP(=O)([O-])OP(=O)([O-])[O-])O[C@H]1[n+]1cn(C)c2c(=O)[nH]c(N)[nH+]c21.COC1[C@@H](O)[C@@H](COP(=O)([O-])n2ccnc2)O[C@H]1N1CN(C)c2c1nc(N)[nH]c2=O. The van der Waals surface area contributed by atoms with Crippen LogP contribution in [-0.2, 0) is 103 Å². The average Bonchev–Trinajstić information content (AvgIpc) is 1.62. The molecule has 0 saturated carbocycles. The molecular formula is C63H108N24O36P6-4. The Hall–Kier alpha value is -7.54. The second-order valence-electron chi connectivity index (χ2n) is 28.5. The Bertz CT molecular complexity index is 5150. The van der Waals surface area contributed by atoms with Gasteiger partial charge in [-0.25, -0.2) is 13.6 Å². The van der Waals surface area contributed by atoms with Crippen molar-refractivity contribution >= 4 is 116 Å². The van der Waals surface area contributed by atoms with E-state index in [1.165, 1.54) is 95.5 Å². The first-order valence-corrected chi connectivity index (χ1v) is 48.0. The van der Waals surface area contributed by atoms with Gasteiger partial charge in [0.05, 0.1) is 73.9 Å². The number of aliphatic hydroxyl groups excluding tert-OH is 4. The van der Waals surface area contributed by atoms with Crippen molar-refractivity contribution in [1.82, 2.24) is 54.1 Å². The number of nitrogens with two attached hydrogens (primary N) is 4. The van der Waals surface area contributed by atoms with Crippen molar-refractivity contribution in [3.63, 3.8) is 0 Å². The van der Waals surface area contributed by atoms with E-state index in [9.17, 15) is 101 Å². The number of phosphoric ester groups is 3. The third-order valence-corrected chi connectivity index (χ3v) is 27.6. The maximum atomic E-state index is 12.5. The van der Waals surface area contributed by atoms with Gasteiger partial charge in [-0.2, -0.15) is 24.5 Å². The molecule has 6 aromatic rings. The minimum absolute atomic E-state index is 0.00385. The number of aromatic amines is 5. The third-order valence-electron chi connectivity index (χ3n) is 20.1. The Morgan fingerprint density at radius 2 is 0.868 bits per heavy atom. The van der Waals surface area contributed by atoms with Gasteiger partial charge in [0.25, 0.3) is 54.2 Å². The monoisotopic (exact) mass is 1960 g/mol. The van der Waals surface area contributed by atoms with Crippen LogP contribution in [0.15, 0.2) is 44.2 Å². The maximum Gasteiger partial charge on any atom is 0.405 e. The van der Waals surface area contributed by atoms with Crippen LogP contribution in [0.2, 0.25) is 0 Å². The van der Waals surface area contributed by atoms with Crippen LogP contribution in [0, 0.1) is 0 Å². The molecule has 0 radical (unpaired) electrons. The molecule has 10 unspecified atom stereocenters. The topological polar surface area (TPSA) is 834 Å². The fraction of sp³-hybridized carbons (Fsp3) is 0.683. The van der Waals surface area contributed by atoms with E-state index < -0.39 is 194 Å². The second-order valence-corrected chi connectivity index (χ2v) is 37.4. The van der Waals surface area contributed by atoms with Gasteiger partial charge >= 0.3 is 29.0 Å². The highest BCUT2D eigenvalue weighted by Gasteiger charge is 2.55. The Kier molecular flexibility index (Phi) is 37.3. The highest BCUT2D eigenvalue weighted by Crippen LogP contribution is 2.63. The predicted molar refractivity (Wildman–Crippen MR) is 435 cm³/mol. The van der Waals surface area contributed by atoms with Crippen molar-refractivity contribution in [2.75, 3.05) is 181 Å². The van der Waals surface area contributed by atoms with Crippen LogP contribution in [0.1, 0.15) is 54.7 Å². The molecule has 13 rings (SSSR count). The lowest BCUT2D eigenvalue weighted by molar-refractivity contribution is -0.894. The molecule has 66 heteroatoms. The Balaban J connectivity index is 0.000000235. The number of nitrogens with zero attached hydrogens (tertiary/aromatic N) is 13. The predicted octanol–water partition coefficient (Wildman–Crippen LogP) is -10.6. The molecule has 7 aliphatic rings. The molecule has 129 heavy (non-hydrogen) atoms. The minimum atomic E-state index is -6.33. The average molecular weight is 1960 g/mol. The zero-order valence-corrected chi connectivity index (χ0v) is 77.6. The van der Waals surface area contributed by atoms with E-state index in [0.29, 0.717) is 5.69 Å². The van der Waals surface area contributed by atoms with Gasteiger partial charge < -0.3 is 178 Å². The Morgan fingerprint density at radius 1 is 0.519 bits per heavy atom. The van der Waals surface area contributed by atoms with Crippen molar-refractivity contribution < 1.29 is 165 Å². The molecule has 0 aliphatic carbocycles. The summed E-state index contributed by atoms with van der Waals surface area (Å²) in [5, 5.41) is 45.8. The smallest absolute Gasteiger partial charge is 0.405 e. The first kappa shape index (κ1) is 107. The van der Waals surface area contributed by atoms with Crippen LogP contribution in [0.5, 0.6) is 0 Å². The number of rotatable bonds is 32. The zero-order valence-electron chi connectivity index (χ0n) is 72.2. The molecule has 0 aromatic carbocycles. The van der Waals surface area contributed by atoms with E-state index in [1.54, 1.807) is 42.9 Å².